The van der Waals surface area contributed by atoms with E-state index in [1.54, 1.807) is 0 Å². The monoisotopic (exact) mass is 223 g/mol. The third-order valence-electron chi connectivity index (χ3n) is 3.96. The normalized spacial score (nSPS) is 33.1. The minimum Gasteiger partial charge on any atom is -0.327 e. The first-order valence-electron chi connectivity index (χ1n) is 6.64. The lowest BCUT2D eigenvalue weighted by Gasteiger charge is -2.47. The Balaban J connectivity index is 1.87. The highest BCUT2D eigenvalue weighted by Crippen LogP contribution is 2.23. The molecule has 0 aromatic carbocycles. The van der Waals surface area contributed by atoms with Crippen molar-refractivity contribution in [2.75, 3.05) is 32.7 Å². The summed E-state index contributed by atoms with van der Waals surface area (Å²) in [5.41, 5.74) is 5.47. The zero-order valence-electron chi connectivity index (χ0n) is 10.4. The van der Waals surface area contributed by atoms with Crippen LogP contribution in [-0.2, 0) is 0 Å². The average molecular weight is 223 g/mol. The highest BCUT2D eigenvalue weighted by molar-refractivity contribution is 4.93. The molecule has 0 bridgehead atoms. The molecule has 0 saturated carbocycles. The highest BCUT2D eigenvalue weighted by Gasteiger charge is 2.31. The minimum atomic E-state index is 0.664. The first-order chi connectivity index (χ1) is 7.81. The van der Waals surface area contributed by atoms with Gasteiger partial charge in [0, 0.05) is 38.3 Å². The molecule has 16 heavy (non-hydrogen) atoms. The first-order valence-corrected chi connectivity index (χ1v) is 6.64. The van der Waals surface area contributed by atoms with Gasteiger partial charge >= 0.3 is 0 Å². The molecule has 0 radical (unpaired) electrons. The molecule has 2 heterocycles. The quantitative estimate of drug-likeness (QED) is 0.726. The van der Waals surface area contributed by atoms with Crippen molar-refractivity contribution in [1.82, 2.24) is 9.80 Å². The maximum absolute atomic E-state index is 5.47. The van der Waals surface area contributed by atoms with Crippen LogP contribution in [0.2, 0.25) is 0 Å². The van der Waals surface area contributed by atoms with Crippen LogP contribution in [0.1, 0.15) is 26.2 Å². The second kappa shape index (κ2) is 5.80. The number of hydrogen-bond donors (Lipinski definition) is 1. The van der Waals surface area contributed by atoms with Gasteiger partial charge in [-0.2, -0.15) is 0 Å². The van der Waals surface area contributed by atoms with Gasteiger partial charge in [-0.15, -0.1) is 0 Å². The van der Waals surface area contributed by atoms with E-state index in [1.165, 1.54) is 38.9 Å². The van der Waals surface area contributed by atoms with E-state index in [2.05, 4.69) is 28.9 Å². The molecule has 0 aliphatic carbocycles. The van der Waals surface area contributed by atoms with Gasteiger partial charge in [0.05, 0.1) is 0 Å². The lowest BCUT2D eigenvalue weighted by molar-refractivity contribution is 0.0215. The lowest BCUT2D eigenvalue weighted by atomic mass is 9.97. The Labute approximate surface area is 99.3 Å². The van der Waals surface area contributed by atoms with Crippen LogP contribution in [0.5, 0.6) is 0 Å². The Morgan fingerprint density at radius 1 is 1.25 bits per heavy atom. The largest absolute Gasteiger partial charge is 0.327 e. The topological polar surface area (TPSA) is 32.5 Å². The van der Waals surface area contributed by atoms with Crippen molar-refractivity contribution >= 4 is 0 Å². The van der Waals surface area contributed by atoms with Gasteiger partial charge in [0.2, 0.25) is 0 Å². The van der Waals surface area contributed by atoms with Crippen molar-refractivity contribution in [2.24, 2.45) is 5.73 Å². The van der Waals surface area contributed by atoms with E-state index in [-0.39, 0.29) is 0 Å². The van der Waals surface area contributed by atoms with Gasteiger partial charge in [-0.1, -0.05) is 18.6 Å². The number of rotatable bonds is 3. The summed E-state index contributed by atoms with van der Waals surface area (Å²) in [5.74, 6) is 0. The van der Waals surface area contributed by atoms with Crippen molar-refractivity contribution in [1.29, 1.82) is 0 Å². The molecule has 2 atom stereocenters. The van der Waals surface area contributed by atoms with Crippen LogP contribution in [0.3, 0.4) is 0 Å². The summed E-state index contributed by atoms with van der Waals surface area (Å²) in [6.45, 7) is 7.90. The fourth-order valence-electron chi connectivity index (χ4n) is 2.97. The van der Waals surface area contributed by atoms with Gasteiger partial charge in [0.25, 0.3) is 0 Å². The van der Waals surface area contributed by atoms with Gasteiger partial charge in [0.1, 0.15) is 0 Å². The minimum absolute atomic E-state index is 0.664. The SMILES string of the molecule is CC1CN2CCCCC2CN1CC=CCN. The molecule has 0 aromatic rings. The standard InChI is InChI=1S/C13H25N3/c1-12-10-16-9-4-2-6-13(16)11-15(12)8-5-3-7-14/h3,5,12-13H,2,4,6-11,14H2,1H3. The number of piperidine rings is 1. The summed E-state index contributed by atoms with van der Waals surface area (Å²) in [5, 5.41) is 0. The Hall–Kier alpha value is -0.380. The second-order valence-corrected chi connectivity index (χ2v) is 5.15. The number of nitrogens with two attached hydrogens (primary N) is 1. The highest BCUT2D eigenvalue weighted by atomic mass is 15.3. The van der Waals surface area contributed by atoms with Crippen LogP contribution >= 0.6 is 0 Å². The van der Waals surface area contributed by atoms with Gasteiger partial charge in [-0.05, 0) is 26.3 Å². The fraction of sp³-hybridized carbons (Fsp3) is 0.846. The summed E-state index contributed by atoms with van der Waals surface area (Å²) >= 11 is 0. The maximum Gasteiger partial charge on any atom is 0.0224 e. The Morgan fingerprint density at radius 2 is 2.12 bits per heavy atom. The zero-order valence-corrected chi connectivity index (χ0v) is 10.4. The van der Waals surface area contributed by atoms with E-state index in [0.29, 0.717) is 12.6 Å². The molecule has 0 aromatic heterocycles. The molecule has 92 valence electrons. The number of hydrogen-bond acceptors (Lipinski definition) is 3. The smallest absolute Gasteiger partial charge is 0.0224 e. The Bertz CT molecular complexity index is 239. The van der Waals surface area contributed by atoms with Crippen LogP contribution in [-0.4, -0.2) is 54.6 Å². The van der Waals surface area contributed by atoms with Crippen LogP contribution < -0.4 is 5.73 Å². The lowest BCUT2D eigenvalue weighted by Crippen LogP contribution is -2.58. The molecule has 2 saturated heterocycles. The molecular weight excluding hydrogens is 198 g/mol. The molecule has 3 nitrogen and oxygen atoms in total. The summed E-state index contributed by atoms with van der Waals surface area (Å²) in [7, 11) is 0. The zero-order chi connectivity index (χ0) is 11.4. The van der Waals surface area contributed by atoms with Crippen LogP contribution in [0.4, 0.5) is 0 Å². The molecule has 3 heteroatoms. The molecule has 0 spiro atoms. The van der Waals surface area contributed by atoms with Crippen molar-refractivity contribution in [3.05, 3.63) is 12.2 Å². The fourth-order valence-corrected chi connectivity index (χ4v) is 2.97. The Morgan fingerprint density at radius 3 is 2.94 bits per heavy atom. The summed E-state index contributed by atoms with van der Waals surface area (Å²) in [6, 6.07) is 1.51. The maximum atomic E-state index is 5.47. The number of fused-ring (bicyclic) bond motifs is 1. The van der Waals surface area contributed by atoms with Gasteiger partial charge < -0.3 is 5.73 Å². The third-order valence-corrected chi connectivity index (χ3v) is 3.96. The van der Waals surface area contributed by atoms with Crippen molar-refractivity contribution < 1.29 is 0 Å². The van der Waals surface area contributed by atoms with Crippen molar-refractivity contribution in [2.45, 2.75) is 38.3 Å². The molecule has 2 rings (SSSR count). The van der Waals surface area contributed by atoms with Gasteiger partial charge in [-0.25, -0.2) is 0 Å². The number of nitrogens with zero attached hydrogens (tertiary/aromatic N) is 2. The third kappa shape index (κ3) is 2.84. The predicted octanol–water partition coefficient (Wildman–Crippen LogP) is 1.06. The van der Waals surface area contributed by atoms with E-state index in [4.69, 9.17) is 5.73 Å². The molecule has 2 aliphatic heterocycles. The van der Waals surface area contributed by atoms with E-state index < -0.39 is 0 Å². The summed E-state index contributed by atoms with van der Waals surface area (Å²) in [6.07, 6.45) is 8.50. The molecule has 2 aliphatic rings. The van der Waals surface area contributed by atoms with Crippen molar-refractivity contribution in [3.8, 4) is 0 Å². The molecule has 2 N–H and O–H groups in total. The first kappa shape index (κ1) is 12.1. The van der Waals surface area contributed by atoms with Crippen LogP contribution in [0.25, 0.3) is 0 Å². The van der Waals surface area contributed by atoms with Crippen LogP contribution in [0.15, 0.2) is 12.2 Å². The van der Waals surface area contributed by atoms with E-state index >= 15 is 0 Å². The summed E-state index contributed by atoms with van der Waals surface area (Å²) < 4.78 is 0. The second-order valence-electron chi connectivity index (χ2n) is 5.15. The molecular formula is C13H25N3. The van der Waals surface area contributed by atoms with Gasteiger partial charge in [0.15, 0.2) is 0 Å². The molecule has 0 amide bonds. The summed E-state index contributed by atoms with van der Waals surface area (Å²) in [4.78, 5) is 5.29. The van der Waals surface area contributed by atoms with Gasteiger partial charge in [-0.3, -0.25) is 9.80 Å². The average Bonchev–Trinajstić information content (AvgIpc) is 2.30. The Kier molecular flexibility index (Phi) is 4.38. The van der Waals surface area contributed by atoms with E-state index in [0.717, 1.165) is 12.6 Å². The number of piperazine rings is 1. The van der Waals surface area contributed by atoms with Crippen molar-refractivity contribution in [3.63, 3.8) is 0 Å². The predicted molar refractivity (Wildman–Crippen MR) is 68.4 cm³/mol. The van der Waals surface area contributed by atoms with Crippen LogP contribution in [0, 0.1) is 0 Å². The van der Waals surface area contributed by atoms with E-state index in [1.807, 2.05) is 0 Å². The molecule has 2 unspecified atom stereocenters. The molecule has 2 fully saturated rings. The van der Waals surface area contributed by atoms with E-state index in [9.17, 15) is 0 Å².